The van der Waals surface area contributed by atoms with Crippen molar-refractivity contribution in [3.05, 3.63) is 17.8 Å². The van der Waals surface area contributed by atoms with Gasteiger partial charge in [-0.1, -0.05) is 6.92 Å². The van der Waals surface area contributed by atoms with Crippen molar-refractivity contribution in [3.8, 4) is 0 Å². The van der Waals surface area contributed by atoms with Crippen LogP contribution < -0.4 is 19.6 Å². The fourth-order valence-electron chi connectivity index (χ4n) is 2.43. The van der Waals surface area contributed by atoms with E-state index in [1.807, 2.05) is 0 Å². The number of rotatable bonds is 4. The summed E-state index contributed by atoms with van der Waals surface area (Å²) in [5.41, 5.74) is 7.21. The molecule has 1 fully saturated rings. The quantitative estimate of drug-likeness (QED) is 0.533. The van der Waals surface area contributed by atoms with Crippen LogP contribution in [0.15, 0.2) is 12.1 Å². The van der Waals surface area contributed by atoms with E-state index in [-0.39, 0.29) is 11.3 Å². The Hall–Kier alpha value is -1.62. The number of hydrogen-bond donors (Lipinski definition) is 2. The van der Waals surface area contributed by atoms with Crippen molar-refractivity contribution in [2.24, 2.45) is 0 Å². The van der Waals surface area contributed by atoms with Gasteiger partial charge in [-0.2, -0.15) is 12.7 Å². The summed E-state index contributed by atoms with van der Waals surface area (Å²) in [5, 5.41) is 0. The standard InChI is InChI=1S/C12H20N4O4S.H2O/c1-3-14-4-6-15(7-5-14)11-8-10(2)16(12(13)9-11)20-21(17,18)19;/h8-9,13H,3-7H2,1-2H3,(H,17,18,19);1H2. The van der Waals surface area contributed by atoms with Crippen LogP contribution in [0.1, 0.15) is 12.6 Å². The van der Waals surface area contributed by atoms with E-state index in [0.717, 1.165) is 43.1 Å². The second-order valence-corrected chi connectivity index (χ2v) is 6.00. The monoisotopic (exact) mass is 334 g/mol. The Morgan fingerprint density at radius 2 is 1.91 bits per heavy atom. The molecular weight excluding hydrogens is 312 g/mol. The van der Waals surface area contributed by atoms with Crippen LogP contribution in [-0.4, -0.2) is 56.1 Å². The molecule has 0 amide bonds. The fraction of sp³-hybridized carbons (Fsp3) is 0.583. The van der Waals surface area contributed by atoms with Crippen molar-refractivity contribution in [2.75, 3.05) is 43.4 Å². The minimum absolute atomic E-state index is 0. The lowest BCUT2D eigenvalue weighted by Gasteiger charge is -2.35. The normalized spacial score (nSPS) is 16.2. The molecule has 1 aliphatic heterocycles. The number of anilines is 2. The minimum atomic E-state index is -4.61. The zero-order valence-electron chi connectivity index (χ0n) is 12.6. The number of nitrogen functional groups attached to an aromatic ring is 1. The summed E-state index contributed by atoms with van der Waals surface area (Å²) in [4.78, 5) is 4.55. The molecule has 0 bridgehead atoms. The molecule has 0 atom stereocenters. The number of hydrogen-bond acceptors (Lipinski definition) is 7. The lowest BCUT2D eigenvalue weighted by atomic mass is 10.2. The van der Waals surface area contributed by atoms with Gasteiger partial charge in [0.25, 0.3) is 0 Å². The van der Waals surface area contributed by atoms with Crippen LogP contribution in [-0.2, 0) is 10.4 Å². The molecule has 1 aliphatic rings. The maximum atomic E-state index is 10.8. The van der Waals surface area contributed by atoms with Gasteiger partial charge in [-0.3, -0.25) is 10.3 Å². The third-order valence-corrected chi connectivity index (χ3v) is 3.90. The van der Waals surface area contributed by atoms with Crippen molar-refractivity contribution in [2.45, 2.75) is 13.8 Å². The molecule has 2 rings (SSSR count). The first-order valence-corrected chi connectivity index (χ1v) is 8.13. The van der Waals surface area contributed by atoms with Crippen LogP contribution in [0, 0.1) is 6.92 Å². The molecule has 126 valence electrons. The number of nitrogens with two attached hydrogens (primary N) is 1. The number of piperazine rings is 1. The van der Waals surface area contributed by atoms with E-state index in [2.05, 4.69) is 21.0 Å². The third-order valence-electron chi connectivity index (χ3n) is 3.56. The van der Waals surface area contributed by atoms with Crippen LogP contribution in [0.25, 0.3) is 0 Å². The summed E-state index contributed by atoms with van der Waals surface area (Å²) in [6, 6.07) is 3.42. The molecule has 1 saturated heterocycles. The van der Waals surface area contributed by atoms with Gasteiger partial charge in [0.15, 0.2) is 5.69 Å². The average Bonchev–Trinajstić information content (AvgIpc) is 2.42. The molecule has 0 radical (unpaired) electrons. The summed E-state index contributed by atoms with van der Waals surface area (Å²) in [5.74, 6) is 0.112. The molecule has 9 nitrogen and oxygen atoms in total. The topological polar surface area (TPSA) is 130 Å². The molecule has 4 N–H and O–H groups in total. The van der Waals surface area contributed by atoms with Crippen molar-refractivity contribution in [1.29, 1.82) is 0 Å². The number of nitrogens with zero attached hydrogens (tertiary/aromatic N) is 3. The molecule has 0 aliphatic carbocycles. The van der Waals surface area contributed by atoms with Crippen LogP contribution >= 0.6 is 0 Å². The predicted molar refractivity (Wildman–Crippen MR) is 80.2 cm³/mol. The molecule has 2 heterocycles. The van der Waals surface area contributed by atoms with Gasteiger partial charge in [0.05, 0.1) is 6.07 Å². The number of pyridine rings is 1. The van der Waals surface area contributed by atoms with Gasteiger partial charge in [-0.25, -0.2) is 0 Å². The SMILES string of the molecule is CCN1CCN(c2cc(C)[n+](OS(=O)(=O)O)c(N)c2)CC1.[OH-]. The van der Waals surface area contributed by atoms with Gasteiger partial charge in [-0.05, 0) is 11.3 Å². The second-order valence-electron chi connectivity index (χ2n) is 5.00. The van der Waals surface area contributed by atoms with Crippen molar-refractivity contribution < 1.29 is 27.5 Å². The van der Waals surface area contributed by atoms with E-state index in [9.17, 15) is 8.42 Å². The highest BCUT2D eigenvalue weighted by Gasteiger charge is 2.22. The molecule has 0 spiro atoms. The van der Waals surface area contributed by atoms with E-state index >= 15 is 0 Å². The first-order chi connectivity index (χ1) is 9.80. The smallest absolute Gasteiger partial charge is 0.482 e. The predicted octanol–water partition coefficient (Wildman–Crippen LogP) is -0.939. The Balaban J connectivity index is 0.00000242. The van der Waals surface area contributed by atoms with Gasteiger partial charge >= 0.3 is 16.2 Å². The zero-order valence-corrected chi connectivity index (χ0v) is 13.5. The molecular formula is C12H22N4O5S. The molecule has 0 saturated carbocycles. The van der Waals surface area contributed by atoms with E-state index in [1.54, 1.807) is 19.1 Å². The van der Waals surface area contributed by atoms with Gasteiger partial charge in [0.1, 0.15) is 0 Å². The van der Waals surface area contributed by atoms with Crippen LogP contribution in [0.3, 0.4) is 0 Å². The lowest BCUT2D eigenvalue weighted by molar-refractivity contribution is -0.849. The van der Waals surface area contributed by atoms with Crippen LogP contribution in [0.4, 0.5) is 11.5 Å². The van der Waals surface area contributed by atoms with Crippen LogP contribution in [0.5, 0.6) is 0 Å². The Morgan fingerprint density at radius 1 is 1.32 bits per heavy atom. The van der Waals surface area contributed by atoms with Gasteiger partial charge in [0, 0.05) is 44.9 Å². The molecule has 1 aromatic heterocycles. The second kappa shape index (κ2) is 7.09. The highest BCUT2D eigenvalue weighted by Crippen LogP contribution is 2.18. The summed E-state index contributed by atoms with van der Waals surface area (Å²) in [6.07, 6.45) is 0. The molecule has 1 aromatic rings. The summed E-state index contributed by atoms with van der Waals surface area (Å²) < 4.78 is 35.7. The van der Waals surface area contributed by atoms with Gasteiger partial charge in [-0.15, -0.1) is 0 Å². The molecule has 0 aromatic carbocycles. The Labute approximate surface area is 130 Å². The first kappa shape index (κ1) is 18.4. The van der Waals surface area contributed by atoms with E-state index in [1.165, 1.54) is 0 Å². The van der Waals surface area contributed by atoms with Gasteiger partial charge in [0.2, 0.25) is 0 Å². The maximum absolute atomic E-state index is 10.8. The number of aromatic nitrogens is 1. The van der Waals surface area contributed by atoms with Gasteiger partial charge < -0.3 is 15.3 Å². The minimum Gasteiger partial charge on any atom is -0.870 e. The Bertz CT molecular complexity index is 591. The number of likely N-dealkylation sites (N-methyl/N-ethyl adjacent to an activating group) is 1. The first-order valence-electron chi connectivity index (χ1n) is 6.77. The summed E-state index contributed by atoms with van der Waals surface area (Å²) >= 11 is 0. The van der Waals surface area contributed by atoms with Crippen molar-refractivity contribution in [3.63, 3.8) is 0 Å². The highest BCUT2D eigenvalue weighted by atomic mass is 32.3. The summed E-state index contributed by atoms with van der Waals surface area (Å²) in [6.45, 7) is 8.55. The third kappa shape index (κ3) is 4.44. The van der Waals surface area contributed by atoms with E-state index in [4.69, 9.17) is 10.3 Å². The van der Waals surface area contributed by atoms with E-state index < -0.39 is 10.4 Å². The molecule has 0 unspecified atom stereocenters. The largest absolute Gasteiger partial charge is 0.870 e. The van der Waals surface area contributed by atoms with Crippen molar-refractivity contribution >= 4 is 21.9 Å². The highest BCUT2D eigenvalue weighted by molar-refractivity contribution is 7.80. The van der Waals surface area contributed by atoms with E-state index in [0.29, 0.717) is 5.69 Å². The molecule has 10 heteroatoms. The average molecular weight is 334 g/mol. The maximum Gasteiger partial charge on any atom is 0.482 e. The fourth-order valence-corrected chi connectivity index (χ4v) is 2.82. The number of aryl methyl sites for hydroxylation is 1. The Morgan fingerprint density at radius 3 is 2.36 bits per heavy atom. The Kier molecular flexibility index (Phi) is 5.94. The lowest BCUT2D eigenvalue weighted by Crippen LogP contribution is -2.51. The summed E-state index contributed by atoms with van der Waals surface area (Å²) in [7, 11) is -4.61. The van der Waals surface area contributed by atoms with Crippen LogP contribution in [0.2, 0.25) is 0 Å². The molecule has 22 heavy (non-hydrogen) atoms. The zero-order chi connectivity index (χ0) is 15.6. The van der Waals surface area contributed by atoms with Crippen molar-refractivity contribution in [1.82, 2.24) is 4.90 Å².